The van der Waals surface area contributed by atoms with Gasteiger partial charge in [-0.2, -0.15) is 5.10 Å². The van der Waals surface area contributed by atoms with Gasteiger partial charge in [0.15, 0.2) is 0 Å². The van der Waals surface area contributed by atoms with E-state index in [1.807, 2.05) is 29.8 Å². The number of halogens is 1. The lowest BCUT2D eigenvalue weighted by Gasteiger charge is -2.14. The van der Waals surface area contributed by atoms with Crippen molar-refractivity contribution in [1.29, 1.82) is 0 Å². The van der Waals surface area contributed by atoms with Crippen LogP contribution in [0.5, 0.6) is 0 Å². The summed E-state index contributed by atoms with van der Waals surface area (Å²) < 4.78 is 1.90. The van der Waals surface area contributed by atoms with E-state index in [-0.39, 0.29) is 6.04 Å². The van der Waals surface area contributed by atoms with E-state index in [2.05, 4.69) is 17.0 Å². The van der Waals surface area contributed by atoms with Crippen LogP contribution in [-0.2, 0) is 13.0 Å². The van der Waals surface area contributed by atoms with Crippen molar-refractivity contribution < 1.29 is 0 Å². The van der Waals surface area contributed by atoms with Crippen LogP contribution >= 0.6 is 11.6 Å². The first-order valence-electron chi connectivity index (χ1n) is 6.50. The summed E-state index contributed by atoms with van der Waals surface area (Å²) >= 11 is 6.24. The number of hydrogen-bond donors (Lipinski definition) is 1. The molecule has 0 aliphatic heterocycles. The highest BCUT2D eigenvalue weighted by Gasteiger charge is 2.14. The van der Waals surface area contributed by atoms with Gasteiger partial charge in [0.1, 0.15) is 12.2 Å². The number of rotatable bonds is 5. The molecule has 0 aliphatic carbocycles. The van der Waals surface area contributed by atoms with E-state index in [4.69, 9.17) is 17.3 Å². The summed E-state index contributed by atoms with van der Waals surface area (Å²) in [6.45, 7) is 4.99. The van der Waals surface area contributed by atoms with Gasteiger partial charge in [-0.05, 0) is 30.5 Å². The molecule has 2 N–H and O–H groups in total. The summed E-state index contributed by atoms with van der Waals surface area (Å²) in [7, 11) is 0. The van der Waals surface area contributed by atoms with Crippen LogP contribution in [0.15, 0.2) is 24.5 Å². The van der Waals surface area contributed by atoms with E-state index >= 15 is 0 Å². The summed E-state index contributed by atoms with van der Waals surface area (Å²) in [6.07, 6.45) is 3.24. The smallest absolute Gasteiger partial charge is 0.138 e. The lowest BCUT2D eigenvalue weighted by atomic mass is 10.0. The van der Waals surface area contributed by atoms with Crippen LogP contribution in [0, 0.1) is 6.92 Å². The minimum atomic E-state index is -0.159. The Balaban J connectivity index is 2.16. The summed E-state index contributed by atoms with van der Waals surface area (Å²) in [5.41, 5.74) is 8.33. The van der Waals surface area contributed by atoms with Gasteiger partial charge in [-0.1, -0.05) is 30.7 Å². The van der Waals surface area contributed by atoms with E-state index in [1.165, 1.54) is 0 Å². The van der Waals surface area contributed by atoms with Gasteiger partial charge >= 0.3 is 0 Å². The van der Waals surface area contributed by atoms with Gasteiger partial charge in [0.2, 0.25) is 0 Å². The van der Waals surface area contributed by atoms with Crippen molar-refractivity contribution in [1.82, 2.24) is 14.8 Å². The zero-order valence-corrected chi connectivity index (χ0v) is 12.1. The fourth-order valence-corrected chi connectivity index (χ4v) is 2.46. The van der Waals surface area contributed by atoms with Crippen molar-refractivity contribution >= 4 is 11.6 Å². The zero-order chi connectivity index (χ0) is 13.8. The molecule has 0 fully saturated rings. The molecule has 0 spiro atoms. The third kappa shape index (κ3) is 3.33. The third-order valence-electron chi connectivity index (χ3n) is 3.09. The molecule has 0 saturated carbocycles. The molecule has 19 heavy (non-hydrogen) atoms. The fourth-order valence-electron chi connectivity index (χ4n) is 2.08. The first-order valence-corrected chi connectivity index (χ1v) is 6.88. The number of aromatic nitrogens is 3. The Labute approximate surface area is 118 Å². The van der Waals surface area contributed by atoms with Crippen LogP contribution in [0.3, 0.4) is 0 Å². The number of aryl methyl sites for hydroxylation is 2. The number of nitrogens with zero attached hydrogens (tertiary/aromatic N) is 3. The summed E-state index contributed by atoms with van der Waals surface area (Å²) in [4.78, 5) is 4.28. The highest BCUT2D eigenvalue weighted by Crippen LogP contribution is 2.24. The largest absolute Gasteiger partial charge is 0.324 e. The first kappa shape index (κ1) is 14.0. The zero-order valence-electron chi connectivity index (χ0n) is 11.3. The molecule has 2 rings (SSSR count). The molecule has 5 heteroatoms. The molecule has 0 aliphatic rings. The lowest BCUT2D eigenvalue weighted by molar-refractivity contribution is 0.548. The maximum Gasteiger partial charge on any atom is 0.138 e. The lowest BCUT2D eigenvalue weighted by Crippen LogP contribution is -2.17. The van der Waals surface area contributed by atoms with Gasteiger partial charge in [0.25, 0.3) is 0 Å². The third-order valence-corrected chi connectivity index (χ3v) is 3.42. The highest BCUT2D eigenvalue weighted by atomic mass is 35.5. The molecule has 0 radical (unpaired) electrons. The minimum absolute atomic E-state index is 0.159. The van der Waals surface area contributed by atoms with Crippen LogP contribution in [0.25, 0.3) is 0 Å². The van der Waals surface area contributed by atoms with E-state index in [9.17, 15) is 0 Å². The Hall–Kier alpha value is -1.39. The average Bonchev–Trinajstić information content (AvgIpc) is 2.77. The quantitative estimate of drug-likeness (QED) is 0.915. The van der Waals surface area contributed by atoms with Crippen LogP contribution < -0.4 is 5.73 Å². The molecule has 102 valence electrons. The van der Waals surface area contributed by atoms with Crippen molar-refractivity contribution in [3.8, 4) is 0 Å². The summed E-state index contributed by atoms with van der Waals surface area (Å²) in [6, 6.07) is 5.79. The van der Waals surface area contributed by atoms with Gasteiger partial charge in [-0.3, -0.25) is 4.68 Å². The SMILES string of the molecule is CCCn1ncnc1CC(N)c1ccc(C)cc1Cl. The van der Waals surface area contributed by atoms with Crippen molar-refractivity contribution in [3.63, 3.8) is 0 Å². The Morgan fingerprint density at radius 1 is 1.42 bits per heavy atom. The molecule has 1 heterocycles. The molecule has 1 aromatic heterocycles. The van der Waals surface area contributed by atoms with Crippen molar-refractivity contribution in [2.45, 2.75) is 39.3 Å². The number of benzene rings is 1. The van der Waals surface area contributed by atoms with Gasteiger partial charge in [0, 0.05) is 24.0 Å². The van der Waals surface area contributed by atoms with Crippen LogP contribution in [0.2, 0.25) is 5.02 Å². The Morgan fingerprint density at radius 3 is 2.89 bits per heavy atom. The molecule has 0 saturated heterocycles. The van der Waals surface area contributed by atoms with Crippen LogP contribution in [0.1, 0.15) is 36.3 Å². The van der Waals surface area contributed by atoms with Crippen molar-refractivity contribution in [2.75, 3.05) is 0 Å². The van der Waals surface area contributed by atoms with Crippen LogP contribution in [-0.4, -0.2) is 14.8 Å². The topological polar surface area (TPSA) is 56.7 Å². The second kappa shape index (κ2) is 6.17. The second-order valence-corrected chi connectivity index (χ2v) is 5.14. The molecule has 4 nitrogen and oxygen atoms in total. The maximum absolute atomic E-state index is 6.24. The van der Waals surface area contributed by atoms with Crippen molar-refractivity contribution in [3.05, 3.63) is 46.5 Å². The van der Waals surface area contributed by atoms with Crippen molar-refractivity contribution in [2.24, 2.45) is 5.73 Å². The standard InChI is InChI=1S/C14H19ClN4/c1-3-6-19-14(17-9-18-19)8-13(16)11-5-4-10(2)7-12(11)15/h4-5,7,9,13H,3,6,8,16H2,1-2H3. The van der Waals surface area contributed by atoms with E-state index in [1.54, 1.807) is 6.33 Å². The Morgan fingerprint density at radius 2 is 2.21 bits per heavy atom. The molecule has 0 amide bonds. The monoisotopic (exact) mass is 278 g/mol. The second-order valence-electron chi connectivity index (χ2n) is 4.73. The number of hydrogen-bond acceptors (Lipinski definition) is 3. The normalized spacial score (nSPS) is 12.6. The van der Waals surface area contributed by atoms with Gasteiger partial charge in [-0.15, -0.1) is 0 Å². The fraction of sp³-hybridized carbons (Fsp3) is 0.429. The highest BCUT2D eigenvalue weighted by molar-refractivity contribution is 6.31. The number of nitrogens with two attached hydrogens (primary N) is 1. The molecule has 1 atom stereocenters. The van der Waals surface area contributed by atoms with Gasteiger partial charge in [0.05, 0.1) is 0 Å². The molecule has 1 unspecified atom stereocenters. The molecular formula is C14H19ClN4. The Kier molecular flexibility index (Phi) is 4.56. The predicted molar refractivity (Wildman–Crippen MR) is 77.1 cm³/mol. The minimum Gasteiger partial charge on any atom is -0.324 e. The Bertz CT molecular complexity index is 550. The molecule has 0 bridgehead atoms. The van der Waals surface area contributed by atoms with Crippen LogP contribution in [0.4, 0.5) is 0 Å². The average molecular weight is 279 g/mol. The molecule has 2 aromatic rings. The predicted octanol–water partition coefficient (Wildman–Crippen LogP) is 2.89. The molecule has 1 aromatic carbocycles. The first-order chi connectivity index (χ1) is 9.11. The summed E-state index contributed by atoms with van der Waals surface area (Å²) in [5.74, 6) is 0.908. The van der Waals surface area contributed by atoms with Gasteiger partial charge in [-0.25, -0.2) is 4.98 Å². The van der Waals surface area contributed by atoms with E-state index < -0.39 is 0 Å². The molecular weight excluding hydrogens is 260 g/mol. The van der Waals surface area contributed by atoms with E-state index in [0.29, 0.717) is 11.4 Å². The maximum atomic E-state index is 6.24. The summed E-state index contributed by atoms with van der Waals surface area (Å²) in [5, 5.41) is 4.92. The van der Waals surface area contributed by atoms with Gasteiger partial charge < -0.3 is 5.73 Å². The van der Waals surface area contributed by atoms with E-state index in [0.717, 1.165) is 29.9 Å².